The van der Waals surface area contributed by atoms with Crippen LogP contribution in [0.4, 0.5) is 10.5 Å². The summed E-state index contributed by atoms with van der Waals surface area (Å²) in [5, 5.41) is 22.8. The van der Waals surface area contributed by atoms with Crippen molar-refractivity contribution in [1.29, 1.82) is 0 Å². The van der Waals surface area contributed by atoms with Crippen LogP contribution >= 0.6 is 0 Å². The van der Waals surface area contributed by atoms with Gasteiger partial charge in [-0.15, -0.1) is 5.10 Å². The molecule has 2 aromatic carbocycles. The Kier molecular flexibility index (Phi) is 31.9. The molecule has 0 aliphatic carbocycles. The SMILES string of the molecule is CC(C)CC(=O)N1Cc2ccccc2-c2nnn(CCCCC(N)C(=O)NCCOCCOCCOCCC(=O)NCCOCCOCCOCCC(=O)NC(C(=O)NC(CCCNC(N)=O)C(=O)C(C)C)C(C)C)c2-c2ccccc21. The molecular formula is C58H91N11O13. The van der Waals surface area contributed by atoms with Crippen LogP contribution in [0, 0.1) is 17.8 Å². The summed E-state index contributed by atoms with van der Waals surface area (Å²) in [6.07, 6.45) is 3.30. The highest BCUT2D eigenvalue weighted by molar-refractivity contribution is 6.00. The van der Waals surface area contributed by atoms with Crippen molar-refractivity contribution in [3.63, 3.8) is 0 Å². The molecule has 82 heavy (non-hydrogen) atoms. The molecule has 0 saturated carbocycles. The number of ether oxygens (including phenoxy) is 6. The first kappa shape index (κ1) is 68.1. The van der Waals surface area contributed by atoms with E-state index in [1.54, 1.807) is 27.7 Å². The fraction of sp³-hybridized carbons (Fsp3) is 0.638. The van der Waals surface area contributed by atoms with E-state index in [0.29, 0.717) is 111 Å². The number of rotatable bonds is 42. The molecule has 456 valence electrons. The van der Waals surface area contributed by atoms with Crippen molar-refractivity contribution in [3.05, 3.63) is 54.1 Å². The first-order valence-electron chi connectivity index (χ1n) is 28.8. The van der Waals surface area contributed by atoms with Gasteiger partial charge >= 0.3 is 6.03 Å². The van der Waals surface area contributed by atoms with Crippen LogP contribution in [0.15, 0.2) is 48.5 Å². The van der Waals surface area contributed by atoms with Gasteiger partial charge in [-0.3, -0.25) is 28.8 Å². The molecule has 4 rings (SSSR count). The van der Waals surface area contributed by atoms with Gasteiger partial charge in [-0.25, -0.2) is 9.48 Å². The fourth-order valence-corrected chi connectivity index (χ4v) is 8.80. The lowest BCUT2D eigenvalue weighted by Gasteiger charge is -2.29. The zero-order chi connectivity index (χ0) is 59.7. The topological polar surface area (TPSA) is 321 Å². The number of hydrogen-bond donors (Lipinski definition) is 7. The zero-order valence-electron chi connectivity index (χ0n) is 49.0. The minimum absolute atomic E-state index is 0.0262. The summed E-state index contributed by atoms with van der Waals surface area (Å²) in [7, 11) is 0. The van der Waals surface area contributed by atoms with Gasteiger partial charge in [0.1, 0.15) is 11.7 Å². The van der Waals surface area contributed by atoms with E-state index in [0.717, 1.165) is 40.2 Å². The number of primary amides is 1. The molecule has 9 N–H and O–H groups in total. The number of hydrogen-bond acceptors (Lipinski definition) is 16. The van der Waals surface area contributed by atoms with Gasteiger partial charge in [-0.05, 0) is 55.6 Å². The van der Waals surface area contributed by atoms with Crippen molar-refractivity contribution in [3.8, 4) is 22.5 Å². The van der Waals surface area contributed by atoms with E-state index in [-0.39, 0.29) is 93.0 Å². The van der Waals surface area contributed by atoms with E-state index in [1.165, 1.54) is 0 Å². The van der Waals surface area contributed by atoms with Crippen LogP contribution in [0.5, 0.6) is 0 Å². The zero-order valence-corrected chi connectivity index (χ0v) is 49.0. The molecule has 0 saturated heterocycles. The predicted octanol–water partition coefficient (Wildman–Crippen LogP) is 3.41. The van der Waals surface area contributed by atoms with Gasteiger partial charge in [0.05, 0.1) is 109 Å². The lowest BCUT2D eigenvalue weighted by molar-refractivity contribution is -0.133. The molecule has 1 aliphatic heterocycles. The third-order valence-corrected chi connectivity index (χ3v) is 13.2. The van der Waals surface area contributed by atoms with Gasteiger partial charge in [-0.1, -0.05) is 89.2 Å². The number of aryl methyl sites for hydroxylation is 1. The standard InChI is InChI=1S/C58H91N11O13/c1-40(2)38-51(72)68-39-43-14-7-8-15-44(43)53-54(45-16-9-10-19-48(45)68)69(67-66-53)25-12-11-17-46(59)56(74)62-24-29-80-33-37-81-34-30-77-26-20-49(70)61-23-28-79-32-36-82-35-31-78-27-21-50(71)65-52(41(3)4)57(75)64-47(55(73)42(5)6)18-13-22-63-58(60)76/h7-10,14-16,19,40-42,46-47,52H,11-13,17-18,20-39,59H2,1-6H3,(H,61,70)(H,62,74)(H,64,75)(H,65,71)(H3,60,63,76). The maximum absolute atomic E-state index is 13.6. The van der Waals surface area contributed by atoms with E-state index in [2.05, 4.69) is 36.9 Å². The largest absolute Gasteiger partial charge is 0.379 e. The Morgan fingerprint density at radius 1 is 0.610 bits per heavy atom. The van der Waals surface area contributed by atoms with Crippen LogP contribution in [0.3, 0.4) is 0 Å². The van der Waals surface area contributed by atoms with Gasteiger partial charge in [0, 0.05) is 62.5 Å². The van der Waals surface area contributed by atoms with E-state index >= 15 is 0 Å². The third-order valence-electron chi connectivity index (χ3n) is 13.2. The number of anilines is 1. The highest BCUT2D eigenvalue weighted by atomic mass is 16.5. The first-order valence-corrected chi connectivity index (χ1v) is 28.8. The minimum Gasteiger partial charge on any atom is -0.379 e. The summed E-state index contributed by atoms with van der Waals surface area (Å²) in [6.45, 7) is 16.6. The van der Waals surface area contributed by atoms with Gasteiger partial charge in [0.2, 0.25) is 29.5 Å². The van der Waals surface area contributed by atoms with Crippen molar-refractivity contribution in [1.82, 2.24) is 41.6 Å². The van der Waals surface area contributed by atoms with Crippen LogP contribution in [0.25, 0.3) is 22.5 Å². The first-order chi connectivity index (χ1) is 39.5. The van der Waals surface area contributed by atoms with Crippen molar-refractivity contribution in [2.75, 3.05) is 104 Å². The maximum atomic E-state index is 13.6. The molecule has 24 nitrogen and oxygen atoms in total. The molecule has 1 aromatic heterocycles. The second-order valence-corrected chi connectivity index (χ2v) is 21.0. The minimum atomic E-state index is -0.856. The summed E-state index contributed by atoms with van der Waals surface area (Å²) < 4.78 is 35.0. The number of nitrogens with zero attached hydrogens (tertiary/aromatic N) is 4. The average Bonchev–Trinajstić information content (AvgIpc) is 4.08. The fourth-order valence-electron chi connectivity index (χ4n) is 8.80. The Balaban J connectivity index is 0.939. The quantitative estimate of drug-likeness (QED) is 0.0400. The van der Waals surface area contributed by atoms with Crippen molar-refractivity contribution in [2.24, 2.45) is 29.2 Å². The monoisotopic (exact) mass is 1150 g/mol. The Labute approximate surface area is 482 Å². The summed E-state index contributed by atoms with van der Waals surface area (Å²) >= 11 is 0. The molecular weight excluding hydrogens is 1060 g/mol. The van der Waals surface area contributed by atoms with Gasteiger partial charge in [0.15, 0.2) is 5.78 Å². The number of urea groups is 1. The third kappa shape index (κ3) is 25.0. The lowest BCUT2D eigenvalue weighted by atomic mass is 9.95. The number of benzene rings is 2. The normalized spacial score (nSPS) is 13.1. The number of carbonyl (C=O) groups excluding carboxylic acids is 7. The van der Waals surface area contributed by atoms with Crippen molar-refractivity contribution >= 4 is 47.0 Å². The Morgan fingerprint density at radius 2 is 1.18 bits per heavy atom. The highest BCUT2D eigenvalue weighted by Gasteiger charge is 2.31. The Hall–Kier alpha value is -6.41. The summed E-state index contributed by atoms with van der Waals surface area (Å²) in [4.78, 5) is 89.9. The number of para-hydroxylation sites is 1. The molecule has 24 heteroatoms. The molecule has 0 fully saturated rings. The summed E-state index contributed by atoms with van der Waals surface area (Å²) in [5.74, 6) is -1.67. The van der Waals surface area contributed by atoms with E-state index in [4.69, 9.17) is 39.9 Å². The number of amides is 7. The number of aromatic nitrogens is 3. The molecule has 0 spiro atoms. The van der Waals surface area contributed by atoms with Crippen LogP contribution in [0.1, 0.15) is 98.5 Å². The maximum Gasteiger partial charge on any atom is 0.312 e. The summed E-state index contributed by atoms with van der Waals surface area (Å²) in [5.41, 5.74) is 16.7. The molecule has 7 amide bonds. The van der Waals surface area contributed by atoms with Gasteiger partial charge in [-0.2, -0.15) is 0 Å². The average molecular weight is 1150 g/mol. The number of nitrogens with two attached hydrogens (primary N) is 2. The molecule has 1 aliphatic rings. The second kappa shape index (κ2) is 38.4. The second-order valence-electron chi connectivity index (χ2n) is 21.0. The van der Waals surface area contributed by atoms with Crippen LogP contribution in [0.2, 0.25) is 0 Å². The van der Waals surface area contributed by atoms with Gasteiger partial charge in [0.25, 0.3) is 0 Å². The van der Waals surface area contributed by atoms with E-state index < -0.39 is 30.1 Å². The molecule has 0 bridgehead atoms. The number of carbonyl (C=O) groups is 7. The Morgan fingerprint density at radius 3 is 1.79 bits per heavy atom. The number of ketones is 1. The van der Waals surface area contributed by atoms with Crippen LogP contribution < -0.4 is 43.0 Å². The molecule has 3 atom stereocenters. The molecule has 3 aromatic rings. The van der Waals surface area contributed by atoms with E-state index in [1.807, 2.05) is 72.0 Å². The van der Waals surface area contributed by atoms with E-state index in [9.17, 15) is 33.6 Å². The predicted molar refractivity (Wildman–Crippen MR) is 309 cm³/mol. The van der Waals surface area contributed by atoms with Gasteiger partial charge < -0.3 is 71.4 Å². The number of unbranched alkanes of at least 4 members (excludes halogenated alkanes) is 1. The lowest BCUT2D eigenvalue weighted by Crippen LogP contribution is -2.54. The van der Waals surface area contributed by atoms with Crippen molar-refractivity contribution < 1.29 is 62.0 Å². The highest BCUT2D eigenvalue weighted by Crippen LogP contribution is 2.41. The van der Waals surface area contributed by atoms with Crippen LogP contribution in [-0.4, -0.2) is 173 Å². The molecule has 3 unspecified atom stereocenters. The number of fused-ring (bicyclic) bond motifs is 5. The smallest absolute Gasteiger partial charge is 0.312 e. The molecule has 2 heterocycles. The van der Waals surface area contributed by atoms with Crippen molar-refractivity contribution in [2.45, 2.75) is 124 Å². The van der Waals surface area contributed by atoms with Crippen LogP contribution in [-0.2, 0) is 70.3 Å². The molecule has 0 radical (unpaired) electrons. The number of Topliss-reactive ketones (excluding diaryl/α,β-unsaturated/α-hetero) is 1. The summed E-state index contributed by atoms with van der Waals surface area (Å²) in [6, 6.07) is 13.0. The Bertz CT molecular complexity index is 2440. The number of nitrogens with one attached hydrogen (secondary N) is 5.